The van der Waals surface area contributed by atoms with Crippen LogP contribution in [0.1, 0.15) is 11.1 Å². The van der Waals surface area contributed by atoms with Crippen molar-refractivity contribution in [3.8, 4) is 11.5 Å². The predicted octanol–water partition coefficient (Wildman–Crippen LogP) is 2.96. The number of hydrogen-bond acceptors (Lipinski definition) is 6. The van der Waals surface area contributed by atoms with Crippen LogP contribution in [-0.4, -0.2) is 57.0 Å². The Labute approximate surface area is 182 Å². The molecule has 30 heavy (non-hydrogen) atoms. The van der Waals surface area contributed by atoms with E-state index >= 15 is 0 Å². The number of benzene rings is 2. The van der Waals surface area contributed by atoms with Crippen molar-refractivity contribution >= 4 is 28.1 Å². The van der Waals surface area contributed by atoms with Crippen LogP contribution in [0.25, 0.3) is 0 Å². The number of hydrazone groups is 1. The van der Waals surface area contributed by atoms with Gasteiger partial charge in [-0.1, -0.05) is 12.1 Å². The van der Waals surface area contributed by atoms with Crippen molar-refractivity contribution in [1.29, 1.82) is 0 Å². The lowest BCUT2D eigenvalue weighted by atomic mass is 10.2. The lowest BCUT2D eigenvalue weighted by Gasteiger charge is -2.25. The molecule has 1 amide bonds. The van der Waals surface area contributed by atoms with Gasteiger partial charge in [0.25, 0.3) is 5.91 Å². The molecule has 0 spiro atoms. The average molecular weight is 480 g/mol. The van der Waals surface area contributed by atoms with Gasteiger partial charge < -0.3 is 14.2 Å². The molecule has 1 N–H and O–H groups in total. The lowest BCUT2D eigenvalue weighted by molar-refractivity contribution is -0.123. The van der Waals surface area contributed by atoms with Gasteiger partial charge >= 0.3 is 0 Å². The molecule has 1 aliphatic heterocycles. The number of hydrogen-bond donors (Lipinski definition) is 1. The van der Waals surface area contributed by atoms with Crippen molar-refractivity contribution in [1.82, 2.24) is 10.3 Å². The molecular formula is C21H23BrFN3O4. The third kappa shape index (κ3) is 6.51. The zero-order valence-electron chi connectivity index (χ0n) is 16.6. The Hall–Kier alpha value is -2.49. The second-order valence-electron chi connectivity index (χ2n) is 6.62. The summed E-state index contributed by atoms with van der Waals surface area (Å²) in [5, 5.41) is 4.03. The maximum Gasteiger partial charge on any atom is 0.254 e. The van der Waals surface area contributed by atoms with E-state index < -0.39 is 0 Å². The van der Waals surface area contributed by atoms with E-state index in [9.17, 15) is 9.18 Å². The zero-order valence-corrected chi connectivity index (χ0v) is 18.2. The fourth-order valence-electron chi connectivity index (χ4n) is 2.84. The Morgan fingerprint density at radius 3 is 2.70 bits per heavy atom. The van der Waals surface area contributed by atoms with Gasteiger partial charge in [-0.05, 0) is 45.8 Å². The Morgan fingerprint density at radius 1 is 1.27 bits per heavy atom. The standard InChI is InChI=1S/C21H23BrFN3O4/c1-28-19-10-16(12-24-25-21(27)13-26-6-8-29-9-7-26)18(22)11-20(19)30-14-15-2-4-17(23)5-3-15/h2-5,10-12H,6-9,13-14H2,1H3,(H,25,27)/b24-12+. The Morgan fingerprint density at radius 2 is 2.00 bits per heavy atom. The minimum absolute atomic E-state index is 0.185. The molecule has 1 aliphatic rings. The smallest absolute Gasteiger partial charge is 0.254 e. The fraction of sp³-hybridized carbons (Fsp3) is 0.333. The van der Waals surface area contributed by atoms with Crippen LogP contribution < -0.4 is 14.9 Å². The number of rotatable bonds is 8. The number of carbonyl (C=O) groups is 1. The first-order chi connectivity index (χ1) is 14.5. The van der Waals surface area contributed by atoms with Crippen molar-refractivity contribution in [3.05, 3.63) is 57.8 Å². The van der Waals surface area contributed by atoms with E-state index in [0.29, 0.717) is 30.3 Å². The fourth-order valence-corrected chi connectivity index (χ4v) is 3.26. The minimum Gasteiger partial charge on any atom is -0.493 e. The molecule has 2 aromatic rings. The van der Waals surface area contributed by atoms with Crippen molar-refractivity contribution in [2.24, 2.45) is 5.10 Å². The summed E-state index contributed by atoms with van der Waals surface area (Å²) >= 11 is 3.48. The number of nitrogens with one attached hydrogen (secondary N) is 1. The number of carbonyl (C=O) groups excluding carboxylic acids is 1. The van der Waals surface area contributed by atoms with E-state index in [2.05, 4.69) is 26.5 Å². The second-order valence-corrected chi connectivity index (χ2v) is 7.48. The number of nitrogens with zero attached hydrogens (tertiary/aromatic N) is 2. The van der Waals surface area contributed by atoms with Crippen molar-refractivity contribution < 1.29 is 23.4 Å². The highest BCUT2D eigenvalue weighted by atomic mass is 79.9. The van der Waals surface area contributed by atoms with Gasteiger partial charge in [0.05, 0.1) is 33.1 Å². The topological polar surface area (TPSA) is 72.4 Å². The number of ether oxygens (including phenoxy) is 3. The highest BCUT2D eigenvalue weighted by Crippen LogP contribution is 2.33. The molecule has 1 saturated heterocycles. The Bertz CT molecular complexity index is 887. The van der Waals surface area contributed by atoms with Crippen LogP contribution in [-0.2, 0) is 16.1 Å². The SMILES string of the molecule is COc1cc(/C=N/NC(=O)CN2CCOCC2)c(Br)cc1OCc1ccc(F)cc1. The molecule has 0 atom stereocenters. The summed E-state index contributed by atoms with van der Waals surface area (Å²) in [5.74, 6) is 0.568. The third-order valence-electron chi connectivity index (χ3n) is 4.45. The maximum atomic E-state index is 13.0. The molecule has 3 rings (SSSR count). The van der Waals surface area contributed by atoms with Gasteiger partial charge in [0.15, 0.2) is 11.5 Å². The van der Waals surface area contributed by atoms with E-state index in [1.807, 2.05) is 4.90 Å². The van der Waals surface area contributed by atoms with Crippen molar-refractivity contribution in [2.75, 3.05) is 40.0 Å². The summed E-state index contributed by atoms with van der Waals surface area (Å²) in [4.78, 5) is 14.0. The molecule has 1 heterocycles. The highest BCUT2D eigenvalue weighted by molar-refractivity contribution is 9.10. The average Bonchev–Trinajstić information content (AvgIpc) is 2.75. The number of amides is 1. The van der Waals surface area contributed by atoms with Crippen LogP contribution in [0.2, 0.25) is 0 Å². The quantitative estimate of drug-likeness (QED) is 0.465. The van der Waals surface area contributed by atoms with Crippen LogP contribution in [0.3, 0.4) is 0 Å². The van der Waals surface area contributed by atoms with E-state index in [4.69, 9.17) is 14.2 Å². The largest absolute Gasteiger partial charge is 0.493 e. The summed E-state index contributed by atoms with van der Waals surface area (Å²) in [6.45, 7) is 3.30. The zero-order chi connectivity index (χ0) is 21.3. The summed E-state index contributed by atoms with van der Waals surface area (Å²) < 4.78 is 30.2. The summed E-state index contributed by atoms with van der Waals surface area (Å²) in [5.41, 5.74) is 4.09. The Balaban J connectivity index is 1.59. The first-order valence-corrected chi connectivity index (χ1v) is 10.2. The van der Waals surface area contributed by atoms with Gasteiger partial charge in [0, 0.05) is 23.1 Å². The van der Waals surface area contributed by atoms with E-state index in [1.54, 1.807) is 31.4 Å². The van der Waals surface area contributed by atoms with Crippen LogP contribution in [0, 0.1) is 5.82 Å². The second kappa shape index (κ2) is 11.1. The van der Waals surface area contributed by atoms with Gasteiger partial charge in [0.1, 0.15) is 12.4 Å². The van der Waals surface area contributed by atoms with Crippen LogP contribution in [0.15, 0.2) is 46.0 Å². The normalized spacial score (nSPS) is 14.6. The summed E-state index contributed by atoms with van der Waals surface area (Å²) in [6, 6.07) is 9.62. The van der Waals surface area contributed by atoms with E-state index in [1.165, 1.54) is 18.3 Å². The molecule has 0 unspecified atom stereocenters. The molecule has 0 aliphatic carbocycles. The van der Waals surface area contributed by atoms with Gasteiger partial charge in [-0.25, -0.2) is 9.82 Å². The van der Waals surface area contributed by atoms with E-state index in [-0.39, 0.29) is 24.9 Å². The molecule has 1 fully saturated rings. The van der Waals surface area contributed by atoms with Gasteiger partial charge in [-0.3, -0.25) is 9.69 Å². The Kier molecular flexibility index (Phi) is 8.18. The van der Waals surface area contributed by atoms with E-state index in [0.717, 1.165) is 23.1 Å². The third-order valence-corrected chi connectivity index (χ3v) is 5.14. The summed E-state index contributed by atoms with van der Waals surface area (Å²) in [6.07, 6.45) is 1.54. The van der Waals surface area contributed by atoms with Crippen LogP contribution in [0.5, 0.6) is 11.5 Å². The minimum atomic E-state index is -0.292. The number of methoxy groups -OCH3 is 1. The van der Waals surface area contributed by atoms with Crippen molar-refractivity contribution in [2.45, 2.75) is 6.61 Å². The molecule has 0 radical (unpaired) electrons. The van der Waals surface area contributed by atoms with Crippen LogP contribution >= 0.6 is 15.9 Å². The number of halogens is 2. The van der Waals surface area contributed by atoms with Crippen molar-refractivity contribution in [3.63, 3.8) is 0 Å². The molecule has 0 saturated carbocycles. The highest BCUT2D eigenvalue weighted by Gasteiger charge is 2.14. The van der Waals surface area contributed by atoms with Gasteiger partial charge in [-0.2, -0.15) is 5.10 Å². The first kappa shape index (κ1) is 22.2. The van der Waals surface area contributed by atoms with Crippen LogP contribution in [0.4, 0.5) is 4.39 Å². The number of morpholine rings is 1. The molecule has 0 bridgehead atoms. The monoisotopic (exact) mass is 479 g/mol. The predicted molar refractivity (Wildman–Crippen MR) is 114 cm³/mol. The lowest BCUT2D eigenvalue weighted by Crippen LogP contribution is -2.42. The molecule has 2 aromatic carbocycles. The molecule has 7 nitrogen and oxygen atoms in total. The summed E-state index contributed by atoms with van der Waals surface area (Å²) in [7, 11) is 1.54. The molecular weight excluding hydrogens is 457 g/mol. The van der Waals surface area contributed by atoms with Gasteiger partial charge in [0.2, 0.25) is 0 Å². The molecule has 160 valence electrons. The van der Waals surface area contributed by atoms with Gasteiger partial charge in [-0.15, -0.1) is 0 Å². The molecule has 0 aromatic heterocycles. The maximum absolute atomic E-state index is 13.0. The first-order valence-electron chi connectivity index (χ1n) is 9.42. The molecule has 9 heteroatoms.